The van der Waals surface area contributed by atoms with Crippen LogP contribution in [-0.2, 0) is 4.74 Å². The normalized spacial score (nSPS) is 10.7. The van der Waals surface area contributed by atoms with E-state index in [4.69, 9.17) is 10.5 Å². The van der Waals surface area contributed by atoms with E-state index in [0.29, 0.717) is 23.5 Å². The number of para-hydroxylation sites is 1. The van der Waals surface area contributed by atoms with Crippen LogP contribution in [0.2, 0.25) is 0 Å². The highest BCUT2D eigenvalue weighted by molar-refractivity contribution is 5.93. The molecule has 106 valence electrons. The average Bonchev–Trinajstić information content (AvgIpc) is 2.97. The molecular weight excluding hydrogens is 268 g/mol. The Morgan fingerprint density at radius 1 is 1.33 bits per heavy atom. The Hall–Kier alpha value is -2.89. The summed E-state index contributed by atoms with van der Waals surface area (Å²) in [5, 5.41) is 5.08. The molecule has 6 nitrogen and oxygen atoms in total. The molecule has 6 heteroatoms. The van der Waals surface area contributed by atoms with Crippen molar-refractivity contribution in [3.63, 3.8) is 0 Å². The van der Waals surface area contributed by atoms with Crippen molar-refractivity contribution in [3.05, 3.63) is 48.4 Å². The predicted octanol–water partition coefficient (Wildman–Crippen LogP) is 2.18. The predicted molar refractivity (Wildman–Crippen MR) is 79.2 cm³/mol. The maximum Gasteiger partial charge on any atom is 0.341 e. The maximum absolute atomic E-state index is 11.7. The molecule has 0 bridgehead atoms. The number of nitrogen functional groups attached to an aromatic ring is 1. The summed E-state index contributed by atoms with van der Waals surface area (Å²) in [4.78, 5) is 16.0. The molecule has 0 atom stereocenters. The largest absolute Gasteiger partial charge is 0.462 e. The molecule has 3 rings (SSSR count). The first kappa shape index (κ1) is 13.1. The van der Waals surface area contributed by atoms with Crippen LogP contribution in [0.5, 0.6) is 0 Å². The number of nitrogens with two attached hydrogens (primary N) is 1. The molecule has 0 amide bonds. The van der Waals surface area contributed by atoms with Gasteiger partial charge in [-0.2, -0.15) is 5.10 Å². The number of aromatic nitrogens is 3. The molecule has 3 aromatic rings. The number of nitrogens with zero attached hydrogens (tertiary/aromatic N) is 3. The molecule has 21 heavy (non-hydrogen) atoms. The van der Waals surface area contributed by atoms with Crippen LogP contribution in [0.15, 0.2) is 42.9 Å². The SMILES string of the molecule is CCOC(=O)c1cnn(-c2c(N)cnc3ccccc23)c1. The lowest BCUT2D eigenvalue weighted by Gasteiger charge is -2.09. The maximum atomic E-state index is 11.7. The number of esters is 1. The Labute approximate surface area is 121 Å². The topological polar surface area (TPSA) is 83.0 Å². The van der Waals surface area contributed by atoms with Crippen molar-refractivity contribution in [3.8, 4) is 5.69 Å². The van der Waals surface area contributed by atoms with E-state index >= 15 is 0 Å². The molecule has 2 N–H and O–H groups in total. The van der Waals surface area contributed by atoms with Crippen LogP contribution in [0.3, 0.4) is 0 Å². The average molecular weight is 282 g/mol. The van der Waals surface area contributed by atoms with Crippen LogP contribution in [0.4, 0.5) is 5.69 Å². The number of carbonyl (C=O) groups is 1. The zero-order valence-electron chi connectivity index (χ0n) is 11.5. The van der Waals surface area contributed by atoms with Crippen molar-refractivity contribution in [2.75, 3.05) is 12.3 Å². The van der Waals surface area contributed by atoms with Gasteiger partial charge in [-0.25, -0.2) is 9.48 Å². The van der Waals surface area contributed by atoms with Gasteiger partial charge in [0.1, 0.15) is 0 Å². The summed E-state index contributed by atoms with van der Waals surface area (Å²) >= 11 is 0. The molecule has 0 saturated carbocycles. The van der Waals surface area contributed by atoms with Gasteiger partial charge >= 0.3 is 5.97 Å². The van der Waals surface area contributed by atoms with E-state index in [1.807, 2.05) is 24.3 Å². The second-order valence-electron chi connectivity index (χ2n) is 4.47. The molecule has 0 aliphatic rings. The summed E-state index contributed by atoms with van der Waals surface area (Å²) in [6.07, 6.45) is 4.66. The van der Waals surface area contributed by atoms with E-state index in [-0.39, 0.29) is 0 Å². The fraction of sp³-hybridized carbons (Fsp3) is 0.133. The van der Waals surface area contributed by atoms with Gasteiger partial charge in [-0.15, -0.1) is 0 Å². The third-order valence-corrected chi connectivity index (χ3v) is 3.10. The lowest BCUT2D eigenvalue weighted by Crippen LogP contribution is -2.04. The van der Waals surface area contributed by atoms with Crippen LogP contribution in [0.25, 0.3) is 16.6 Å². The molecular formula is C15H14N4O2. The van der Waals surface area contributed by atoms with Crippen LogP contribution in [-0.4, -0.2) is 27.3 Å². The van der Waals surface area contributed by atoms with Gasteiger partial charge in [0, 0.05) is 11.6 Å². The Balaban J connectivity index is 2.12. The molecule has 0 saturated heterocycles. The van der Waals surface area contributed by atoms with Gasteiger partial charge in [0.05, 0.1) is 41.5 Å². The van der Waals surface area contributed by atoms with Gasteiger partial charge in [0.25, 0.3) is 0 Å². The van der Waals surface area contributed by atoms with Crippen molar-refractivity contribution in [1.82, 2.24) is 14.8 Å². The first-order valence-electron chi connectivity index (χ1n) is 6.56. The minimum atomic E-state index is -0.402. The smallest absolute Gasteiger partial charge is 0.341 e. The van der Waals surface area contributed by atoms with E-state index in [9.17, 15) is 4.79 Å². The number of ether oxygens (including phenoxy) is 1. The van der Waals surface area contributed by atoms with Crippen molar-refractivity contribution in [2.24, 2.45) is 0 Å². The van der Waals surface area contributed by atoms with Crippen LogP contribution >= 0.6 is 0 Å². The summed E-state index contributed by atoms with van der Waals surface area (Å²) in [7, 11) is 0. The number of anilines is 1. The number of rotatable bonds is 3. The van der Waals surface area contributed by atoms with Gasteiger partial charge < -0.3 is 10.5 Å². The fourth-order valence-electron chi connectivity index (χ4n) is 2.16. The van der Waals surface area contributed by atoms with Gasteiger partial charge in [-0.05, 0) is 13.0 Å². The van der Waals surface area contributed by atoms with E-state index in [1.54, 1.807) is 24.0 Å². The molecule has 1 aromatic carbocycles. The number of fused-ring (bicyclic) bond motifs is 1. The molecule has 0 aliphatic carbocycles. The van der Waals surface area contributed by atoms with Crippen LogP contribution < -0.4 is 5.73 Å². The van der Waals surface area contributed by atoms with E-state index in [2.05, 4.69) is 10.1 Å². The highest BCUT2D eigenvalue weighted by Crippen LogP contribution is 2.25. The number of pyridine rings is 1. The molecule has 0 spiro atoms. The summed E-state index contributed by atoms with van der Waals surface area (Å²) in [6, 6.07) is 7.62. The van der Waals surface area contributed by atoms with Gasteiger partial charge in [-0.1, -0.05) is 18.2 Å². The molecule has 0 aliphatic heterocycles. The second-order valence-corrected chi connectivity index (χ2v) is 4.47. The van der Waals surface area contributed by atoms with Crippen molar-refractivity contribution >= 4 is 22.6 Å². The van der Waals surface area contributed by atoms with Crippen molar-refractivity contribution in [1.29, 1.82) is 0 Å². The third kappa shape index (κ3) is 2.31. The summed E-state index contributed by atoms with van der Waals surface area (Å²) in [5.41, 5.74) is 8.42. The Morgan fingerprint density at radius 2 is 2.14 bits per heavy atom. The lowest BCUT2D eigenvalue weighted by molar-refractivity contribution is 0.0526. The lowest BCUT2D eigenvalue weighted by atomic mass is 10.1. The standard InChI is InChI=1S/C15H14N4O2/c1-2-21-15(20)10-7-18-19(9-10)14-11-5-3-4-6-13(11)17-8-12(14)16/h3-9H,2,16H2,1H3. The van der Waals surface area contributed by atoms with E-state index in [1.165, 1.54) is 6.20 Å². The quantitative estimate of drug-likeness (QED) is 0.744. The van der Waals surface area contributed by atoms with Gasteiger partial charge in [0.15, 0.2) is 0 Å². The Morgan fingerprint density at radius 3 is 2.95 bits per heavy atom. The highest BCUT2D eigenvalue weighted by atomic mass is 16.5. The van der Waals surface area contributed by atoms with Crippen molar-refractivity contribution < 1.29 is 9.53 Å². The number of benzene rings is 1. The molecule has 2 heterocycles. The zero-order chi connectivity index (χ0) is 14.8. The van der Waals surface area contributed by atoms with Crippen LogP contribution in [0.1, 0.15) is 17.3 Å². The second kappa shape index (κ2) is 5.24. The third-order valence-electron chi connectivity index (χ3n) is 3.10. The summed E-state index contributed by atoms with van der Waals surface area (Å²) < 4.78 is 6.53. The summed E-state index contributed by atoms with van der Waals surface area (Å²) in [5.74, 6) is -0.402. The number of hydrogen-bond donors (Lipinski definition) is 1. The van der Waals surface area contributed by atoms with Crippen LogP contribution in [0, 0.1) is 0 Å². The molecule has 0 unspecified atom stereocenters. The van der Waals surface area contributed by atoms with E-state index in [0.717, 1.165) is 10.9 Å². The van der Waals surface area contributed by atoms with Gasteiger partial charge in [0.2, 0.25) is 0 Å². The fourth-order valence-corrected chi connectivity index (χ4v) is 2.16. The van der Waals surface area contributed by atoms with Gasteiger partial charge in [-0.3, -0.25) is 4.98 Å². The highest BCUT2D eigenvalue weighted by Gasteiger charge is 2.14. The molecule has 0 fully saturated rings. The summed E-state index contributed by atoms with van der Waals surface area (Å²) in [6.45, 7) is 2.08. The van der Waals surface area contributed by atoms with Crippen molar-refractivity contribution in [2.45, 2.75) is 6.92 Å². The monoisotopic (exact) mass is 282 g/mol. The number of carbonyl (C=O) groups excluding carboxylic acids is 1. The molecule has 0 radical (unpaired) electrons. The zero-order valence-corrected chi connectivity index (χ0v) is 11.5. The minimum absolute atomic E-state index is 0.324. The molecule has 2 aromatic heterocycles. The number of hydrogen-bond acceptors (Lipinski definition) is 5. The Kier molecular flexibility index (Phi) is 3.27. The minimum Gasteiger partial charge on any atom is -0.462 e. The first-order chi connectivity index (χ1) is 10.2. The first-order valence-corrected chi connectivity index (χ1v) is 6.56. The Bertz CT molecular complexity index is 810. The van der Waals surface area contributed by atoms with E-state index < -0.39 is 5.97 Å².